The second kappa shape index (κ2) is 7.74. The molecule has 1 aromatic rings. The summed E-state index contributed by atoms with van der Waals surface area (Å²) in [5.74, 6) is -0.321. The Morgan fingerprint density at radius 2 is 2.11 bits per heavy atom. The summed E-state index contributed by atoms with van der Waals surface area (Å²) in [6.45, 7) is 7.01. The number of carbonyl (C=O) groups is 1. The van der Waals surface area contributed by atoms with Gasteiger partial charge in [-0.05, 0) is 50.2 Å². The summed E-state index contributed by atoms with van der Waals surface area (Å²) in [5, 5.41) is 6.74. The van der Waals surface area contributed by atoms with Gasteiger partial charge in [-0.2, -0.15) is 0 Å². The van der Waals surface area contributed by atoms with Gasteiger partial charge in [0, 0.05) is 12.2 Å². The largest absolute Gasteiger partial charge is 0.462 e. The van der Waals surface area contributed by atoms with Gasteiger partial charge < -0.3 is 15.4 Å². The molecule has 0 fully saturated rings. The molecule has 19 heavy (non-hydrogen) atoms. The molecule has 2 N–H and O–H groups in total. The van der Waals surface area contributed by atoms with Crippen molar-refractivity contribution in [3.05, 3.63) is 29.3 Å². The quantitative estimate of drug-likeness (QED) is 0.641. The van der Waals surface area contributed by atoms with Crippen LogP contribution in [0.5, 0.6) is 0 Å². The fourth-order valence-electron chi connectivity index (χ4n) is 1.50. The predicted molar refractivity (Wildman–Crippen MR) is 81.6 cm³/mol. The second-order valence-corrected chi connectivity index (χ2v) is 4.54. The van der Waals surface area contributed by atoms with Crippen molar-refractivity contribution < 1.29 is 9.53 Å². The van der Waals surface area contributed by atoms with E-state index in [2.05, 4.69) is 17.6 Å². The molecule has 0 saturated heterocycles. The molecule has 0 unspecified atom stereocenters. The molecule has 1 aromatic carbocycles. The van der Waals surface area contributed by atoms with Gasteiger partial charge in [0.1, 0.15) is 0 Å². The number of thiocarbonyl (C=S) groups is 1. The summed E-state index contributed by atoms with van der Waals surface area (Å²) in [4.78, 5) is 11.7. The molecule has 0 heterocycles. The van der Waals surface area contributed by atoms with E-state index in [9.17, 15) is 4.79 Å². The Morgan fingerprint density at radius 3 is 2.74 bits per heavy atom. The molecule has 0 spiro atoms. The smallest absolute Gasteiger partial charge is 0.338 e. The highest BCUT2D eigenvalue weighted by Gasteiger charge is 2.09. The lowest BCUT2D eigenvalue weighted by Gasteiger charge is -2.13. The molecular weight excluding hydrogens is 260 g/mol. The zero-order valence-corrected chi connectivity index (χ0v) is 12.4. The van der Waals surface area contributed by atoms with Crippen LogP contribution in [0.4, 0.5) is 5.69 Å². The van der Waals surface area contributed by atoms with E-state index in [4.69, 9.17) is 17.0 Å². The first-order valence-corrected chi connectivity index (χ1v) is 6.82. The van der Waals surface area contributed by atoms with Crippen LogP contribution in [0.15, 0.2) is 18.2 Å². The van der Waals surface area contributed by atoms with E-state index in [1.165, 1.54) is 0 Å². The van der Waals surface area contributed by atoms with Crippen molar-refractivity contribution in [2.75, 3.05) is 18.5 Å². The summed E-state index contributed by atoms with van der Waals surface area (Å²) < 4.78 is 4.98. The number of hydrogen-bond acceptors (Lipinski definition) is 3. The Kier molecular flexibility index (Phi) is 6.29. The van der Waals surface area contributed by atoms with Crippen LogP contribution in [0.25, 0.3) is 0 Å². The molecule has 4 nitrogen and oxygen atoms in total. The molecule has 0 aliphatic carbocycles. The van der Waals surface area contributed by atoms with Gasteiger partial charge in [-0.25, -0.2) is 4.79 Å². The van der Waals surface area contributed by atoms with Gasteiger partial charge in [-0.15, -0.1) is 0 Å². The van der Waals surface area contributed by atoms with Crippen LogP contribution in [0.2, 0.25) is 0 Å². The number of anilines is 1. The Labute approximate surface area is 119 Å². The van der Waals surface area contributed by atoms with Gasteiger partial charge in [0.25, 0.3) is 0 Å². The molecule has 0 saturated carbocycles. The number of hydrogen-bond donors (Lipinski definition) is 2. The number of benzene rings is 1. The number of rotatable bonds is 5. The van der Waals surface area contributed by atoms with Crippen molar-refractivity contribution >= 4 is 29.0 Å². The summed E-state index contributed by atoms with van der Waals surface area (Å²) >= 11 is 5.18. The molecule has 5 heteroatoms. The molecule has 0 amide bonds. The van der Waals surface area contributed by atoms with Crippen LogP contribution in [-0.2, 0) is 4.74 Å². The van der Waals surface area contributed by atoms with Crippen LogP contribution in [0, 0.1) is 6.92 Å². The number of esters is 1. The summed E-state index contributed by atoms with van der Waals surface area (Å²) in [6.07, 6.45) is 1.00. The van der Waals surface area contributed by atoms with Crippen molar-refractivity contribution in [2.24, 2.45) is 0 Å². The van der Waals surface area contributed by atoms with Crippen molar-refractivity contribution in [2.45, 2.75) is 27.2 Å². The molecule has 0 radical (unpaired) electrons. The van der Waals surface area contributed by atoms with Crippen LogP contribution < -0.4 is 10.6 Å². The third-order valence-electron chi connectivity index (χ3n) is 2.53. The minimum atomic E-state index is -0.321. The van der Waals surface area contributed by atoms with E-state index in [1.54, 1.807) is 19.1 Å². The minimum Gasteiger partial charge on any atom is -0.462 e. The van der Waals surface area contributed by atoms with Gasteiger partial charge in [-0.3, -0.25) is 0 Å². The van der Waals surface area contributed by atoms with Crippen LogP contribution in [-0.4, -0.2) is 24.2 Å². The van der Waals surface area contributed by atoms with Gasteiger partial charge >= 0.3 is 5.97 Å². The Balaban J connectivity index is 2.79. The first kappa shape index (κ1) is 15.4. The molecule has 0 aliphatic rings. The average Bonchev–Trinajstić information content (AvgIpc) is 2.39. The second-order valence-electron chi connectivity index (χ2n) is 4.13. The molecular formula is C14H20N2O2S. The number of aryl methyl sites for hydroxylation is 1. The number of carbonyl (C=O) groups excluding carboxylic acids is 1. The maximum absolute atomic E-state index is 11.7. The van der Waals surface area contributed by atoms with Gasteiger partial charge in [0.15, 0.2) is 5.11 Å². The van der Waals surface area contributed by atoms with E-state index in [0.717, 1.165) is 24.2 Å². The number of ether oxygens (including phenoxy) is 1. The maximum atomic E-state index is 11.7. The first-order valence-electron chi connectivity index (χ1n) is 6.41. The summed E-state index contributed by atoms with van der Waals surface area (Å²) in [6, 6.07) is 5.38. The third kappa shape index (κ3) is 4.87. The molecule has 0 atom stereocenters. The third-order valence-corrected chi connectivity index (χ3v) is 2.78. The maximum Gasteiger partial charge on any atom is 0.338 e. The normalized spacial score (nSPS) is 9.84. The van der Waals surface area contributed by atoms with E-state index >= 15 is 0 Å². The zero-order valence-electron chi connectivity index (χ0n) is 11.6. The minimum absolute atomic E-state index is 0.321. The Bertz CT molecular complexity index is 461. The van der Waals surface area contributed by atoms with Crippen molar-refractivity contribution in [1.82, 2.24) is 5.32 Å². The first-order chi connectivity index (χ1) is 9.08. The Morgan fingerprint density at radius 1 is 1.37 bits per heavy atom. The van der Waals surface area contributed by atoms with Gasteiger partial charge in [0.2, 0.25) is 0 Å². The molecule has 0 aromatic heterocycles. The molecule has 1 rings (SSSR count). The SMILES string of the molecule is CCCNC(=S)Nc1cc(C(=O)OCC)ccc1C. The molecule has 104 valence electrons. The highest BCUT2D eigenvalue weighted by Crippen LogP contribution is 2.17. The highest BCUT2D eigenvalue weighted by atomic mass is 32.1. The number of nitrogens with one attached hydrogen (secondary N) is 2. The monoisotopic (exact) mass is 280 g/mol. The van der Waals surface area contributed by atoms with Crippen molar-refractivity contribution in [3.63, 3.8) is 0 Å². The van der Waals surface area contributed by atoms with Gasteiger partial charge in [0.05, 0.1) is 12.2 Å². The van der Waals surface area contributed by atoms with E-state index in [-0.39, 0.29) is 5.97 Å². The topological polar surface area (TPSA) is 50.4 Å². The average molecular weight is 280 g/mol. The van der Waals surface area contributed by atoms with Crippen molar-refractivity contribution in [1.29, 1.82) is 0 Å². The summed E-state index contributed by atoms with van der Waals surface area (Å²) in [7, 11) is 0. The molecule has 0 bridgehead atoms. The van der Waals surface area contributed by atoms with E-state index in [0.29, 0.717) is 17.3 Å². The van der Waals surface area contributed by atoms with Crippen LogP contribution in [0.3, 0.4) is 0 Å². The van der Waals surface area contributed by atoms with E-state index in [1.807, 2.05) is 13.0 Å². The van der Waals surface area contributed by atoms with E-state index < -0.39 is 0 Å². The zero-order chi connectivity index (χ0) is 14.3. The van der Waals surface area contributed by atoms with Crippen LogP contribution in [0.1, 0.15) is 36.2 Å². The fourth-order valence-corrected chi connectivity index (χ4v) is 1.72. The Hall–Kier alpha value is -1.62. The van der Waals surface area contributed by atoms with Crippen molar-refractivity contribution in [3.8, 4) is 0 Å². The molecule has 0 aliphatic heterocycles. The highest BCUT2D eigenvalue weighted by molar-refractivity contribution is 7.80. The standard InChI is InChI=1S/C14H20N2O2S/c1-4-8-15-14(19)16-12-9-11(7-6-10(12)3)13(17)18-5-2/h6-7,9H,4-5,8H2,1-3H3,(H2,15,16,19). The summed E-state index contributed by atoms with van der Waals surface area (Å²) in [5.41, 5.74) is 2.36. The fraction of sp³-hybridized carbons (Fsp3) is 0.429. The lowest BCUT2D eigenvalue weighted by Crippen LogP contribution is -2.29. The predicted octanol–water partition coefficient (Wildman–Crippen LogP) is 2.87. The lowest BCUT2D eigenvalue weighted by atomic mass is 10.1. The lowest BCUT2D eigenvalue weighted by molar-refractivity contribution is 0.0526. The van der Waals surface area contributed by atoms with Gasteiger partial charge in [-0.1, -0.05) is 13.0 Å². The van der Waals surface area contributed by atoms with Crippen LogP contribution >= 0.6 is 12.2 Å².